The van der Waals surface area contributed by atoms with Crippen molar-refractivity contribution in [1.82, 2.24) is 4.90 Å². The molecule has 1 aliphatic heterocycles. The van der Waals surface area contributed by atoms with E-state index in [0.717, 1.165) is 0 Å². The summed E-state index contributed by atoms with van der Waals surface area (Å²) < 4.78 is 5.15. The van der Waals surface area contributed by atoms with E-state index < -0.39 is 11.7 Å². The summed E-state index contributed by atoms with van der Waals surface area (Å²) in [7, 11) is 0. The van der Waals surface area contributed by atoms with E-state index in [4.69, 9.17) is 4.74 Å². The third kappa shape index (κ3) is 3.20. The van der Waals surface area contributed by atoms with E-state index in [1.807, 2.05) is 0 Å². The number of ketones is 1. The number of aliphatic hydroxyl groups excluding tert-OH is 1. The van der Waals surface area contributed by atoms with Crippen molar-refractivity contribution in [2.45, 2.75) is 39.4 Å². The second kappa shape index (κ2) is 4.41. The van der Waals surface area contributed by atoms with Gasteiger partial charge in [0.05, 0.1) is 0 Å². The zero-order valence-corrected chi connectivity index (χ0v) is 10.2. The topological polar surface area (TPSA) is 66.8 Å². The predicted molar refractivity (Wildman–Crippen MR) is 58.0 cm³/mol. The van der Waals surface area contributed by atoms with E-state index in [1.165, 1.54) is 11.8 Å². The molecule has 1 amide bonds. The van der Waals surface area contributed by atoms with Crippen LogP contribution in [0.15, 0.2) is 0 Å². The Balaban J connectivity index is 2.36. The van der Waals surface area contributed by atoms with Gasteiger partial charge in [0.15, 0.2) is 5.78 Å². The molecule has 1 rings (SSSR count). The molecule has 0 aliphatic carbocycles. The molecule has 16 heavy (non-hydrogen) atoms. The number of carbonyl (C=O) groups excluding carboxylic acids is 2. The van der Waals surface area contributed by atoms with Crippen molar-refractivity contribution in [2.75, 3.05) is 13.1 Å². The summed E-state index contributed by atoms with van der Waals surface area (Å²) in [5, 5.41) is 9.45. The summed E-state index contributed by atoms with van der Waals surface area (Å²) >= 11 is 0. The number of likely N-dealkylation sites (tertiary alicyclic amines) is 1. The summed E-state index contributed by atoms with van der Waals surface area (Å²) in [5.74, 6) is -0.404. The Hall–Kier alpha value is -1.10. The SMILES string of the molecule is CC(=O)C(O)C1CN(C(=O)OC(C)(C)C)C1. The molecule has 5 nitrogen and oxygen atoms in total. The molecule has 92 valence electrons. The number of rotatable bonds is 2. The van der Waals surface area contributed by atoms with Crippen LogP contribution >= 0.6 is 0 Å². The molecule has 0 radical (unpaired) electrons. The van der Waals surface area contributed by atoms with Gasteiger partial charge in [0.25, 0.3) is 0 Å². The van der Waals surface area contributed by atoms with E-state index in [9.17, 15) is 14.7 Å². The molecule has 1 aliphatic rings. The van der Waals surface area contributed by atoms with Crippen LogP contribution in [0.4, 0.5) is 4.79 Å². The van der Waals surface area contributed by atoms with Crippen LogP contribution in [0, 0.1) is 5.92 Å². The molecular formula is C11H19NO4. The van der Waals surface area contributed by atoms with Gasteiger partial charge in [0, 0.05) is 19.0 Å². The van der Waals surface area contributed by atoms with E-state index in [0.29, 0.717) is 13.1 Å². The Morgan fingerprint density at radius 3 is 2.25 bits per heavy atom. The third-order valence-corrected chi connectivity index (χ3v) is 2.42. The first-order valence-electron chi connectivity index (χ1n) is 5.37. The minimum Gasteiger partial charge on any atom is -0.444 e. The summed E-state index contributed by atoms with van der Waals surface area (Å²) in [4.78, 5) is 23.9. The number of Topliss-reactive ketones (excluding diaryl/α,β-unsaturated/α-hetero) is 1. The second-order valence-corrected chi connectivity index (χ2v) is 5.20. The van der Waals surface area contributed by atoms with Gasteiger partial charge in [-0.1, -0.05) is 0 Å². The zero-order chi connectivity index (χ0) is 12.5. The summed E-state index contributed by atoms with van der Waals surface area (Å²) in [6, 6.07) is 0. The average molecular weight is 229 g/mol. The summed E-state index contributed by atoms with van der Waals surface area (Å²) in [6.07, 6.45) is -1.35. The van der Waals surface area contributed by atoms with E-state index in [2.05, 4.69) is 0 Å². The van der Waals surface area contributed by atoms with Crippen molar-refractivity contribution >= 4 is 11.9 Å². The van der Waals surface area contributed by atoms with E-state index in [-0.39, 0.29) is 17.8 Å². The third-order valence-electron chi connectivity index (χ3n) is 2.42. The van der Waals surface area contributed by atoms with Crippen LogP contribution in [0.3, 0.4) is 0 Å². The fourth-order valence-electron chi connectivity index (χ4n) is 1.52. The Labute approximate surface area is 95.4 Å². The average Bonchev–Trinajstić information content (AvgIpc) is 1.96. The molecule has 0 saturated carbocycles. The van der Waals surface area contributed by atoms with Crippen LogP contribution in [-0.2, 0) is 9.53 Å². The predicted octanol–water partition coefficient (Wildman–Crippen LogP) is 0.803. The summed E-state index contributed by atoms with van der Waals surface area (Å²) in [6.45, 7) is 7.51. The summed E-state index contributed by atoms with van der Waals surface area (Å²) in [5.41, 5.74) is -0.513. The molecule has 0 aromatic carbocycles. The molecular weight excluding hydrogens is 210 g/mol. The molecule has 1 unspecified atom stereocenters. The Kier molecular flexibility index (Phi) is 3.57. The van der Waals surface area contributed by atoms with Crippen molar-refractivity contribution in [3.05, 3.63) is 0 Å². The molecule has 0 aromatic heterocycles. The van der Waals surface area contributed by atoms with Gasteiger partial charge >= 0.3 is 6.09 Å². The maximum absolute atomic E-state index is 11.5. The van der Waals surface area contributed by atoms with Crippen LogP contribution in [0.2, 0.25) is 0 Å². The fourth-order valence-corrected chi connectivity index (χ4v) is 1.52. The minimum atomic E-state index is -0.960. The highest BCUT2D eigenvalue weighted by atomic mass is 16.6. The van der Waals surface area contributed by atoms with Crippen molar-refractivity contribution in [1.29, 1.82) is 0 Å². The molecule has 1 fully saturated rings. The van der Waals surface area contributed by atoms with Crippen LogP contribution in [-0.4, -0.2) is 46.7 Å². The zero-order valence-electron chi connectivity index (χ0n) is 10.2. The molecule has 0 bridgehead atoms. The van der Waals surface area contributed by atoms with Gasteiger partial charge in [-0.25, -0.2) is 4.79 Å². The molecule has 0 aromatic rings. The lowest BCUT2D eigenvalue weighted by Gasteiger charge is -2.41. The smallest absolute Gasteiger partial charge is 0.410 e. The first-order valence-corrected chi connectivity index (χ1v) is 5.37. The largest absolute Gasteiger partial charge is 0.444 e. The van der Waals surface area contributed by atoms with Gasteiger partial charge < -0.3 is 14.7 Å². The number of hydrogen-bond donors (Lipinski definition) is 1. The maximum Gasteiger partial charge on any atom is 0.410 e. The number of nitrogens with zero attached hydrogens (tertiary/aromatic N) is 1. The minimum absolute atomic E-state index is 0.148. The number of amides is 1. The maximum atomic E-state index is 11.5. The second-order valence-electron chi connectivity index (χ2n) is 5.20. The quantitative estimate of drug-likeness (QED) is 0.760. The number of ether oxygens (including phenoxy) is 1. The number of hydrogen-bond acceptors (Lipinski definition) is 4. The Bertz CT molecular complexity index is 289. The van der Waals surface area contributed by atoms with Crippen molar-refractivity contribution in [3.63, 3.8) is 0 Å². The van der Waals surface area contributed by atoms with E-state index >= 15 is 0 Å². The van der Waals surface area contributed by atoms with Gasteiger partial charge in [0.2, 0.25) is 0 Å². The normalized spacial score (nSPS) is 18.9. The van der Waals surface area contributed by atoms with Crippen LogP contribution < -0.4 is 0 Å². The molecule has 1 saturated heterocycles. The van der Waals surface area contributed by atoms with Crippen LogP contribution in [0.1, 0.15) is 27.7 Å². The van der Waals surface area contributed by atoms with Crippen molar-refractivity contribution in [3.8, 4) is 0 Å². The van der Waals surface area contributed by atoms with Gasteiger partial charge in [-0.15, -0.1) is 0 Å². The first-order chi connectivity index (χ1) is 7.20. The van der Waals surface area contributed by atoms with E-state index in [1.54, 1.807) is 20.8 Å². The molecule has 0 spiro atoms. The van der Waals surface area contributed by atoms with Crippen LogP contribution in [0.5, 0.6) is 0 Å². The highest BCUT2D eigenvalue weighted by Crippen LogP contribution is 2.22. The van der Waals surface area contributed by atoms with Gasteiger partial charge in [-0.05, 0) is 27.7 Å². The first kappa shape index (κ1) is 13.0. The van der Waals surface area contributed by atoms with Crippen LogP contribution in [0.25, 0.3) is 0 Å². The lowest BCUT2D eigenvalue weighted by Crippen LogP contribution is -2.56. The standard InChI is InChI=1S/C11H19NO4/c1-7(13)9(14)8-5-12(6-8)10(15)16-11(2,3)4/h8-9,14H,5-6H2,1-4H3. The van der Waals surface area contributed by atoms with Gasteiger partial charge in [-0.2, -0.15) is 0 Å². The molecule has 5 heteroatoms. The fraction of sp³-hybridized carbons (Fsp3) is 0.818. The van der Waals surface area contributed by atoms with Crippen molar-refractivity contribution in [2.24, 2.45) is 5.92 Å². The van der Waals surface area contributed by atoms with Gasteiger partial charge in [-0.3, -0.25) is 4.79 Å². The Morgan fingerprint density at radius 2 is 1.88 bits per heavy atom. The highest BCUT2D eigenvalue weighted by Gasteiger charge is 2.38. The van der Waals surface area contributed by atoms with Gasteiger partial charge in [0.1, 0.15) is 11.7 Å². The molecule has 1 N–H and O–H groups in total. The monoisotopic (exact) mass is 229 g/mol. The molecule has 1 atom stereocenters. The van der Waals surface area contributed by atoms with Crippen molar-refractivity contribution < 1.29 is 19.4 Å². The Morgan fingerprint density at radius 1 is 1.38 bits per heavy atom. The number of aliphatic hydroxyl groups is 1. The lowest BCUT2D eigenvalue weighted by atomic mass is 9.92. The highest BCUT2D eigenvalue weighted by molar-refractivity contribution is 5.81. The molecule has 1 heterocycles. The lowest BCUT2D eigenvalue weighted by molar-refractivity contribution is -0.131. The number of carbonyl (C=O) groups is 2.